The van der Waals surface area contributed by atoms with Crippen molar-refractivity contribution in [2.75, 3.05) is 26.0 Å². The lowest BCUT2D eigenvalue weighted by atomic mass is 10.3. The standard InChI is InChI=1S/C15H16BrN3O3/c1-19(15(21)13-6-10(16)8-17-13)9-14(20)18-11-4-3-5-12(7-11)22-2/h3-8,17H,9H2,1-2H3,(H,18,20). The topological polar surface area (TPSA) is 74.4 Å². The molecule has 2 rings (SSSR count). The van der Waals surface area contributed by atoms with Crippen molar-refractivity contribution in [3.05, 3.63) is 46.7 Å². The van der Waals surface area contributed by atoms with Crippen molar-refractivity contribution < 1.29 is 14.3 Å². The molecule has 0 spiro atoms. The van der Waals surface area contributed by atoms with Crippen LogP contribution in [0.25, 0.3) is 0 Å². The first-order chi connectivity index (χ1) is 10.5. The molecule has 0 radical (unpaired) electrons. The van der Waals surface area contributed by atoms with E-state index in [9.17, 15) is 9.59 Å². The van der Waals surface area contributed by atoms with Crippen molar-refractivity contribution in [1.29, 1.82) is 0 Å². The van der Waals surface area contributed by atoms with Crippen LogP contribution in [0.4, 0.5) is 5.69 Å². The molecule has 1 aromatic carbocycles. The molecule has 0 aliphatic carbocycles. The number of aromatic amines is 1. The number of hydrogen-bond acceptors (Lipinski definition) is 3. The summed E-state index contributed by atoms with van der Waals surface area (Å²) in [5.41, 5.74) is 1.04. The summed E-state index contributed by atoms with van der Waals surface area (Å²) in [4.78, 5) is 28.3. The number of H-pyrrole nitrogens is 1. The summed E-state index contributed by atoms with van der Waals surface area (Å²) in [6.07, 6.45) is 1.66. The number of halogens is 1. The van der Waals surface area contributed by atoms with E-state index >= 15 is 0 Å². The van der Waals surface area contributed by atoms with Crippen molar-refractivity contribution in [2.24, 2.45) is 0 Å². The smallest absolute Gasteiger partial charge is 0.270 e. The molecular weight excluding hydrogens is 350 g/mol. The molecule has 116 valence electrons. The van der Waals surface area contributed by atoms with Gasteiger partial charge in [-0.2, -0.15) is 0 Å². The molecule has 1 heterocycles. The molecule has 0 unspecified atom stereocenters. The van der Waals surface area contributed by atoms with Crippen molar-refractivity contribution in [1.82, 2.24) is 9.88 Å². The summed E-state index contributed by atoms with van der Waals surface area (Å²) in [6.45, 7) is -0.0489. The fraction of sp³-hybridized carbons (Fsp3) is 0.200. The van der Waals surface area contributed by atoms with Gasteiger partial charge in [0.25, 0.3) is 5.91 Å². The number of nitrogens with zero attached hydrogens (tertiary/aromatic N) is 1. The Morgan fingerprint density at radius 2 is 2.14 bits per heavy atom. The van der Waals surface area contributed by atoms with E-state index in [0.717, 1.165) is 4.47 Å². The molecule has 0 saturated heterocycles. The van der Waals surface area contributed by atoms with Gasteiger partial charge in [-0.05, 0) is 34.1 Å². The van der Waals surface area contributed by atoms with Gasteiger partial charge in [-0.3, -0.25) is 9.59 Å². The predicted molar refractivity (Wildman–Crippen MR) is 87.1 cm³/mol. The zero-order chi connectivity index (χ0) is 16.1. The molecule has 0 saturated carbocycles. The van der Waals surface area contributed by atoms with Crippen molar-refractivity contribution in [3.8, 4) is 5.75 Å². The fourth-order valence-corrected chi connectivity index (χ4v) is 2.23. The number of benzene rings is 1. The molecule has 0 bridgehead atoms. The van der Waals surface area contributed by atoms with Gasteiger partial charge in [0.2, 0.25) is 5.91 Å². The van der Waals surface area contributed by atoms with Crippen molar-refractivity contribution in [3.63, 3.8) is 0 Å². The van der Waals surface area contributed by atoms with Gasteiger partial charge < -0.3 is 19.9 Å². The normalized spacial score (nSPS) is 10.1. The van der Waals surface area contributed by atoms with E-state index in [1.807, 2.05) is 0 Å². The number of hydrogen-bond donors (Lipinski definition) is 2. The largest absolute Gasteiger partial charge is 0.497 e. The van der Waals surface area contributed by atoms with Gasteiger partial charge in [-0.25, -0.2) is 0 Å². The predicted octanol–water partition coefficient (Wildman–Crippen LogP) is 2.50. The number of carbonyl (C=O) groups excluding carboxylic acids is 2. The third kappa shape index (κ3) is 4.11. The van der Waals surface area contributed by atoms with Gasteiger partial charge in [0.15, 0.2) is 0 Å². The molecule has 6 nitrogen and oxygen atoms in total. The van der Waals surface area contributed by atoms with Gasteiger partial charge >= 0.3 is 0 Å². The molecule has 0 aliphatic heterocycles. The van der Waals surface area contributed by atoms with Crippen LogP contribution >= 0.6 is 15.9 Å². The minimum atomic E-state index is -0.283. The maximum absolute atomic E-state index is 12.1. The van der Waals surface area contributed by atoms with Gasteiger partial charge in [0.05, 0.1) is 13.7 Å². The SMILES string of the molecule is COc1cccc(NC(=O)CN(C)C(=O)c2cc(Br)c[nH]2)c1. The minimum absolute atomic E-state index is 0.0489. The Balaban J connectivity index is 1.94. The van der Waals surface area contributed by atoms with E-state index in [-0.39, 0.29) is 18.4 Å². The molecule has 0 fully saturated rings. The molecule has 0 atom stereocenters. The third-order valence-corrected chi connectivity index (χ3v) is 3.42. The van der Waals surface area contributed by atoms with Crippen LogP contribution in [0.5, 0.6) is 5.75 Å². The van der Waals surface area contributed by atoms with Crippen LogP contribution in [-0.2, 0) is 4.79 Å². The molecule has 7 heteroatoms. The summed E-state index contributed by atoms with van der Waals surface area (Å²) in [7, 11) is 3.13. The highest BCUT2D eigenvalue weighted by Gasteiger charge is 2.16. The van der Waals surface area contributed by atoms with Crippen molar-refractivity contribution >= 4 is 33.4 Å². The summed E-state index contributed by atoms with van der Waals surface area (Å²) in [5, 5.41) is 2.73. The highest BCUT2D eigenvalue weighted by molar-refractivity contribution is 9.10. The number of rotatable bonds is 5. The van der Waals surface area contributed by atoms with E-state index in [0.29, 0.717) is 17.1 Å². The number of nitrogens with one attached hydrogen (secondary N) is 2. The Kier molecular flexibility index (Phi) is 5.21. The molecule has 0 aliphatic rings. The molecule has 2 N–H and O–H groups in total. The summed E-state index contributed by atoms with van der Waals surface area (Å²) >= 11 is 3.27. The first-order valence-electron chi connectivity index (χ1n) is 6.53. The average Bonchev–Trinajstić information content (AvgIpc) is 2.93. The monoisotopic (exact) mass is 365 g/mol. The fourth-order valence-electron chi connectivity index (χ4n) is 1.89. The lowest BCUT2D eigenvalue weighted by molar-refractivity contribution is -0.116. The minimum Gasteiger partial charge on any atom is -0.497 e. The molecular formula is C15H16BrN3O3. The molecule has 2 aromatic rings. The number of likely N-dealkylation sites (N-methyl/N-ethyl adjacent to an activating group) is 1. The van der Waals surface area contributed by atoms with Crippen LogP contribution in [0.15, 0.2) is 41.0 Å². The maximum Gasteiger partial charge on any atom is 0.270 e. The molecule has 22 heavy (non-hydrogen) atoms. The van der Waals surface area contributed by atoms with E-state index in [2.05, 4.69) is 26.2 Å². The van der Waals surface area contributed by atoms with Crippen LogP contribution in [0.3, 0.4) is 0 Å². The maximum atomic E-state index is 12.1. The zero-order valence-corrected chi connectivity index (χ0v) is 13.8. The summed E-state index contributed by atoms with van der Waals surface area (Å²) < 4.78 is 5.87. The number of aromatic nitrogens is 1. The Morgan fingerprint density at radius 1 is 1.36 bits per heavy atom. The zero-order valence-electron chi connectivity index (χ0n) is 12.2. The third-order valence-electron chi connectivity index (χ3n) is 2.96. The van der Waals surface area contributed by atoms with E-state index in [1.165, 1.54) is 4.90 Å². The van der Waals surface area contributed by atoms with Crippen LogP contribution in [0.2, 0.25) is 0 Å². The van der Waals surface area contributed by atoms with E-state index in [4.69, 9.17) is 4.74 Å². The second kappa shape index (κ2) is 7.13. The van der Waals surface area contributed by atoms with Crippen LogP contribution in [0, 0.1) is 0 Å². The first-order valence-corrected chi connectivity index (χ1v) is 7.32. The second-order valence-electron chi connectivity index (χ2n) is 4.67. The number of carbonyl (C=O) groups is 2. The van der Waals surface area contributed by atoms with Gasteiger partial charge in [0.1, 0.15) is 11.4 Å². The van der Waals surface area contributed by atoms with Crippen LogP contribution < -0.4 is 10.1 Å². The van der Waals surface area contributed by atoms with Crippen LogP contribution in [-0.4, -0.2) is 42.4 Å². The van der Waals surface area contributed by atoms with E-state index < -0.39 is 0 Å². The quantitative estimate of drug-likeness (QED) is 0.854. The highest BCUT2D eigenvalue weighted by Crippen LogP contribution is 2.16. The molecule has 2 amide bonds. The first kappa shape index (κ1) is 16.1. The van der Waals surface area contributed by atoms with Gasteiger partial charge in [-0.1, -0.05) is 6.07 Å². The lowest BCUT2D eigenvalue weighted by Crippen LogP contribution is -2.35. The van der Waals surface area contributed by atoms with Gasteiger partial charge in [0, 0.05) is 29.5 Å². The second-order valence-corrected chi connectivity index (χ2v) is 5.59. The number of anilines is 1. The number of ether oxygens (including phenoxy) is 1. The summed E-state index contributed by atoms with van der Waals surface area (Å²) in [6, 6.07) is 8.69. The summed E-state index contributed by atoms with van der Waals surface area (Å²) in [5.74, 6) is 0.111. The average molecular weight is 366 g/mol. The number of methoxy groups -OCH3 is 1. The Bertz CT molecular complexity index is 684. The van der Waals surface area contributed by atoms with Crippen LogP contribution in [0.1, 0.15) is 10.5 Å². The Hall–Kier alpha value is -2.28. The Morgan fingerprint density at radius 3 is 2.77 bits per heavy atom. The number of amides is 2. The lowest BCUT2D eigenvalue weighted by Gasteiger charge is -2.16. The highest BCUT2D eigenvalue weighted by atomic mass is 79.9. The van der Waals surface area contributed by atoms with Crippen molar-refractivity contribution in [2.45, 2.75) is 0 Å². The molecule has 1 aromatic heterocycles. The van der Waals surface area contributed by atoms with E-state index in [1.54, 1.807) is 50.7 Å². The van der Waals surface area contributed by atoms with Gasteiger partial charge in [-0.15, -0.1) is 0 Å². The Labute approximate surface area is 136 Å².